The van der Waals surface area contributed by atoms with Crippen LogP contribution in [0.15, 0.2) is 77.9 Å². The topological polar surface area (TPSA) is 87.7 Å². The molecule has 5 aromatic rings. The molecule has 0 spiro atoms. The van der Waals surface area contributed by atoms with Gasteiger partial charge in [-0.25, -0.2) is 14.3 Å². The second-order valence-electron chi connectivity index (χ2n) is 7.37. The molecular formula is C25H20N4O4. The van der Waals surface area contributed by atoms with Crippen molar-refractivity contribution in [3.63, 3.8) is 0 Å². The number of fused-ring (bicyclic) bond motifs is 3. The number of aromatic nitrogens is 4. The maximum absolute atomic E-state index is 13.2. The summed E-state index contributed by atoms with van der Waals surface area (Å²) in [4.78, 5) is 29.9. The number of pyridine rings is 1. The van der Waals surface area contributed by atoms with Gasteiger partial charge in [0.2, 0.25) is 0 Å². The fourth-order valence-corrected chi connectivity index (χ4v) is 3.72. The molecule has 33 heavy (non-hydrogen) atoms. The van der Waals surface area contributed by atoms with E-state index in [0.717, 1.165) is 5.75 Å². The number of carbonyl (C=O) groups is 1. The summed E-state index contributed by atoms with van der Waals surface area (Å²) < 4.78 is 14.0. The number of carbonyl (C=O) groups excluding carboxylic acids is 1. The minimum absolute atomic E-state index is 0.246. The Labute approximate surface area is 188 Å². The Morgan fingerprint density at radius 3 is 2.45 bits per heavy atom. The van der Waals surface area contributed by atoms with Gasteiger partial charge in [-0.2, -0.15) is 5.10 Å². The van der Waals surface area contributed by atoms with E-state index in [-0.39, 0.29) is 12.2 Å². The van der Waals surface area contributed by atoms with Crippen LogP contribution < -0.4 is 10.3 Å². The highest BCUT2D eigenvalue weighted by Crippen LogP contribution is 2.23. The third-order valence-corrected chi connectivity index (χ3v) is 5.26. The van der Waals surface area contributed by atoms with Crippen LogP contribution in [0, 0.1) is 6.92 Å². The van der Waals surface area contributed by atoms with E-state index in [1.54, 1.807) is 26.1 Å². The van der Waals surface area contributed by atoms with Crippen LogP contribution in [0.1, 0.15) is 23.0 Å². The summed E-state index contributed by atoms with van der Waals surface area (Å²) in [6, 6.07) is 18.5. The normalized spacial score (nSPS) is 11.1. The molecule has 164 valence electrons. The van der Waals surface area contributed by atoms with E-state index in [9.17, 15) is 9.59 Å². The van der Waals surface area contributed by atoms with Crippen molar-refractivity contribution < 1.29 is 14.3 Å². The maximum Gasteiger partial charge on any atom is 0.343 e. The third kappa shape index (κ3) is 3.61. The molecule has 2 aromatic carbocycles. The molecule has 0 saturated heterocycles. The molecule has 0 unspecified atom stereocenters. The van der Waals surface area contributed by atoms with Crippen molar-refractivity contribution in [1.82, 2.24) is 19.2 Å². The second-order valence-corrected chi connectivity index (χ2v) is 7.37. The van der Waals surface area contributed by atoms with Crippen LogP contribution in [0.4, 0.5) is 0 Å². The second kappa shape index (κ2) is 8.23. The summed E-state index contributed by atoms with van der Waals surface area (Å²) in [5.41, 5.74) is 2.15. The van der Waals surface area contributed by atoms with Crippen LogP contribution in [0.25, 0.3) is 22.2 Å². The molecule has 3 aromatic heterocycles. The van der Waals surface area contributed by atoms with Gasteiger partial charge in [0.15, 0.2) is 5.65 Å². The fraction of sp³-hybridized carbons (Fsp3) is 0.120. The summed E-state index contributed by atoms with van der Waals surface area (Å²) in [7, 11) is 0. The van der Waals surface area contributed by atoms with E-state index < -0.39 is 5.97 Å². The Hall–Kier alpha value is -4.46. The van der Waals surface area contributed by atoms with Gasteiger partial charge in [0.1, 0.15) is 17.1 Å². The lowest BCUT2D eigenvalue weighted by atomic mass is 10.2. The van der Waals surface area contributed by atoms with Gasteiger partial charge in [-0.1, -0.05) is 18.2 Å². The van der Waals surface area contributed by atoms with Crippen LogP contribution in [-0.2, 0) is 4.74 Å². The lowest BCUT2D eigenvalue weighted by Gasteiger charge is -2.10. The molecule has 0 aliphatic heterocycles. The molecule has 0 N–H and O–H groups in total. The molecule has 0 bridgehead atoms. The first-order chi connectivity index (χ1) is 16.1. The molecule has 8 nitrogen and oxygen atoms in total. The summed E-state index contributed by atoms with van der Waals surface area (Å²) in [5, 5.41) is 4.81. The van der Waals surface area contributed by atoms with Crippen molar-refractivity contribution in [1.29, 1.82) is 0 Å². The van der Waals surface area contributed by atoms with Crippen molar-refractivity contribution in [2.24, 2.45) is 0 Å². The molecule has 0 amide bonds. The average molecular weight is 440 g/mol. The Kier molecular flexibility index (Phi) is 5.10. The Morgan fingerprint density at radius 1 is 1.00 bits per heavy atom. The minimum Gasteiger partial charge on any atom is -0.462 e. The van der Waals surface area contributed by atoms with Crippen molar-refractivity contribution >= 4 is 22.5 Å². The molecule has 5 rings (SSSR count). The fourth-order valence-electron chi connectivity index (χ4n) is 3.72. The van der Waals surface area contributed by atoms with Gasteiger partial charge in [0.25, 0.3) is 5.56 Å². The Balaban J connectivity index is 1.54. The molecule has 0 fully saturated rings. The lowest BCUT2D eigenvalue weighted by Crippen LogP contribution is -2.19. The number of ether oxygens (including phenoxy) is 2. The van der Waals surface area contributed by atoms with E-state index in [1.807, 2.05) is 54.6 Å². The van der Waals surface area contributed by atoms with E-state index in [0.29, 0.717) is 39.2 Å². The highest BCUT2D eigenvalue weighted by molar-refractivity contribution is 5.98. The SMILES string of the molecule is CCOC(=O)c1c(C)nn2c1ncc1c(=O)n(-c3ccc(Oc4ccccc4)cc3)ccc12. The van der Waals surface area contributed by atoms with Crippen molar-refractivity contribution in [3.05, 3.63) is 94.7 Å². The van der Waals surface area contributed by atoms with Gasteiger partial charge in [-0.15, -0.1) is 0 Å². The van der Waals surface area contributed by atoms with E-state index >= 15 is 0 Å². The minimum atomic E-state index is -0.483. The quantitative estimate of drug-likeness (QED) is 0.379. The molecule has 8 heteroatoms. The van der Waals surface area contributed by atoms with Crippen molar-refractivity contribution in [2.75, 3.05) is 6.61 Å². The maximum atomic E-state index is 13.2. The zero-order chi connectivity index (χ0) is 22.9. The van der Waals surface area contributed by atoms with Gasteiger partial charge in [-0.05, 0) is 56.3 Å². The van der Waals surface area contributed by atoms with Crippen LogP contribution >= 0.6 is 0 Å². The first kappa shape index (κ1) is 20.4. The number of aryl methyl sites for hydroxylation is 1. The largest absolute Gasteiger partial charge is 0.462 e. The highest BCUT2D eigenvalue weighted by atomic mass is 16.5. The summed E-state index contributed by atoms with van der Waals surface area (Å²) in [6.07, 6.45) is 3.15. The van der Waals surface area contributed by atoms with Crippen molar-refractivity contribution in [3.8, 4) is 17.2 Å². The number of hydrogen-bond donors (Lipinski definition) is 0. The van der Waals surface area contributed by atoms with Gasteiger partial charge < -0.3 is 9.47 Å². The summed E-state index contributed by atoms with van der Waals surface area (Å²) >= 11 is 0. The number of benzene rings is 2. The van der Waals surface area contributed by atoms with Crippen LogP contribution in [0.3, 0.4) is 0 Å². The average Bonchev–Trinajstić information content (AvgIpc) is 3.17. The number of hydrogen-bond acceptors (Lipinski definition) is 6. The van der Waals surface area contributed by atoms with Crippen LogP contribution in [-0.4, -0.2) is 31.7 Å². The highest BCUT2D eigenvalue weighted by Gasteiger charge is 2.21. The molecular weight excluding hydrogens is 420 g/mol. The first-order valence-electron chi connectivity index (χ1n) is 10.5. The monoisotopic (exact) mass is 440 g/mol. The molecule has 0 radical (unpaired) electrons. The number of para-hydroxylation sites is 1. The van der Waals surface area contributed by atoms with E-state index in [4.69, 9.17) is 9.47 Å². The summed E-state index contributed by atoms with van der Waals surface area (Å²) in [6.45, 7) is 3.71. The smallest absolute Gasteiger partial charge is 0.343 e. The van der Waals surface area contributed by atoms with E-state index in [2.05, 4.69) is 10.1 Å². The zero-order valence-electron chi connectivity index (χ0n) is 18.1. The molecule has 0 saturated carbocycles. The van der Waals surface area contributed by atoms with Crippen LogP contribution in [0.5, 0.6) is 11.5 Å². The number of rotatable bonds is 5. The van der Waals surface area contributed by atoms with Gasteiger partial charge in [-0.3, -0.25) is 9.36 Å². The summed E-state index contributed by atoms with van der Waals surface area (Å²) in [5.74, 6) is 0.920. The predicted octanol–water partition coefficient (Wildman–Crippen LogP) is 4.31. The number of esters is 1. The standard InChI is InChI=1S/C25H20N4O4/c1-3-32-25(31)22-16(2)27-29-21-13-14-28(24(30)20(21)15-26-23(22)29)17-9-11-19(12-10-17)33-18-7-5-4-6-8-18/h4-15H,3H2,1-2H3. The molecule has 0 atom stereocenters. The number of nitrogens with zero attached hydrogens (tertiary/aromatic N) is 4. The third-order valence-electron chi connectivity index (χ3n) is 5.26. The molecule has 3 heterocycles. The Bertz CT molecular complexity index is 1540. The lowest BCUT2D eigenvalue weighted by molar-refractivity contribution is 0.0527. The predicted molar refractivity (Wildman–Crippen MR) is 123 cm³/mol. The zero-order valence-corrected chi connectivity index (χ0v) is 18.1. The van der Waals surface area contributed by atoms with Crippen LogP contribution in [0.2, 0.25) is 0 Å². The molecule has 0 aliphatic rings. The van der Waals surface area contributed by atoms with Gasteiger partial charge in [0, 0.05) is 18.1 Å². The molecule has 0 aliphatic carbocycles. The van der Waals surface area contributed by atoms with Crippen molar-refractivity contribution in [2.45, 2.75) is 13.8 Å². The van der Waals surface area contributed by atoms with Gasteiger partial charge in [0.05, 0.1) is 23.2 Å². The van der Waals surface area contributed by atoms with E-state index in [1.165, 1.54) is 15.3 Å². The first-order valence-corrected chi connectivity index (χ1v) is 10.5. The van der Waals surface area contributed by atoms with Gasteiger partial charge >= 0.3 is 5.97 Å². The Morgan fingerprint density at radius 2 is 1.73 bits per heavy atom.